The van der Waals surface area contributed by atoms with Crippen LogP contribution in [0.15, 0.2) is 48.5 Å². The Kier molecular flexibility index (Phi) is 3.62. The minimum atomic E-state index is 0.191. The van der Waals surface area contributed by atoms with Crippen LogP contribution in [0.3, 0.4) is 0 Å². The number of nitrogens with zero attached hydrogens (tertiary/aromatic N) is 3. The molecule has 0 saturated heterocycles. The first-order chi connectivity index (χ1) is 10.2. The van der Waals surface area contributed by atoms with E-state index >= 15 is 0 Å². The van der Waals surface area contributed by atoms with Crippen molar-refractivity contribution in [3.8, 4) is 22.8 Å². The van der Waals surface area contributed by atoms with Crippen LogP contribution >= 0.6 is 11.6 Å². The Bertz CT molecular complexity index is 765. The van der Waals surface area contributed by atoms with Gasteiger partial charge in [0, 0.05) is 11.6 Å². The van der Waals surface area contributed by atoms with E-state index in [2.05, 4.69) is 10.2 Å². The summed E-state index contributed by atoms with van der Waals surface area (Å²) in [4.78, 5) is 0. The third-order valence-corrected chi connectivity index (χ3v) is 3.49. The maximum absolute atomic E-state index is 9.69. The number of phenols is 1. The lowest BCUT2D eigenvalue weighted by atomic mass is 10.1. The van der Waals surface area contributed by atoms with Gasteiger partial charge in [0.1, 0.15) is 5.75 Å². The van der Waals surface area contributed by atoms with Crippen LogP contribution in [0.1, 0.15) is 11.4 Å². The van der Waals surface area contributed by atoms with E-state index in [1.165, 1.54) is 5.56 Å². The predicted molar refractivity (Wildman–Crippen MR) is 82.8 cm³/mol. The normalized spacial score (nSPS) is 10.8. The molecule has 0 fully saturated rings. The van der Waals surface area contributed by atoms with Gasteiger partial charge in [0.15, 0.2) is 11.6 Å². The van der Waals surface area contributed by atoms with Gasteiger partial charge in [0.05, 0.1) is 11.6 Å². The Labute approximate surface area is 127 Å². The third-order valence-electron chi connectivity index (χ3n) is 3.25. The van der Waals surface area contributed by atoms with E-state index in [4.69, 9.17) is 11.6 Å². The van der Waals surface area contributed by atoms with E-state index in [9.17, 15) is 5.11 Å². The average molecular weight is 300 g/mol. The minimum absolute atomic E-state index is 0.191. The van der Waals surface area contributed by atoms with Gasteiger partial charge in [-0.25, -0.2) is 0 Å². The van der Waals surface area contributed by atoms with Crippen molar-refractivity contribution in [2.24, 2.45) is 0 Å². The summed E-state index contributed by atoms with van der Waals surface area (Å²) in [5.74, 6) is 1.78. The van der Waals surface area contributed by atoms with E-state index < -0.39 is 0 Å². The summed E-state index contributed by atoms with van der Waals surface area (Å²) >= 11 is 5.96. The molecule has 0 bridgehead atoms. The first kappa shape index (κ1) is 13.6. The number of phenolic OH excluding ortho intramolecular Hbond substituents is 1. The van der Waals surface area contributed by atoms with Gasteiger partial charge < -0.3 is 5.11 Å². The summed E-state index contributed by atoms with van der Waals surface area (Å²) in [5.41, 5.74) is 2.92. The fourth-order valence-corrected chi connectivity index (χ4v) is 2.37. The largest absolute Gasteiger partial charge is 0.508 e. The zero-order valence-corrected chi connectivity index (χ0v) is 12.2. The molecule has 2 aromatic carbocycles. The topological polar surface area (TPSA) is 50.9 Å². The standard InChI is InChI=1S/C16H14ClN3O/c1-11-5-7-12(8-6-11)16-19-18-15(10-17)20(16)13-3-2-4-14(21)9-13/h2-9,21H,10H2,1H3. The molecule has 0 spiro atoms. The van der Waals surface area contributed by atoms with Crippen LogP contribution in [0, 0.1) is 6.92 Å². The second-order valence-electron chi connectivity index (χ2n) is 4.79. The molecule has 4 nitrogen and oxygen atoms in total. The molecular formula is C16H14ClN3O. The van der Waals surface area contributed by atoms with Crippen molar-refractivity contribution in [2.45, 2.75) is 12.8 Å². The summed E-state index contributed by atoms with van der Waals surface area (Å²) in [6.07, 6.45) is 0. The molecule has 0 radical (unpaired) electrons. The van der Waals surface area contributed by atoms with Crippen LogP contribution in [0.4, 0.5) is 0 Å². The molecule has 0 amide bonds. The summed E-state index contributed by atoms with van der Waals surface area (Å²) in [7, 11) is 0. The second-order valence-corrected chi connectivity index (χ2v) is 5.06. The fraction of sp³-hybridized carbons (Fsp3) is 0.125. The van der Waals surface area contributed by atoms with Gasteiger partial charge in [-0.1, -0.05) is 35.9 Å². The van der Waals surface area contributed by atoms with E-state index in [-0.39, 0.29) is 11.6 Å². The quantitative estimate of drug-likeness (QED) is 0.750. The number of hydrogen-bond donors (Lipinski definition) is 1. The van der Waals surface area contributed by atoms with Gasteiger partial charge in [-0.05, 0) is 19.1 Å². The number of alkyl halides is 1. The van der Waals surface area contributed by atoms with Gasteiger partial charge in [-0.2, -0.15) is 0 Å². The first-order valence-electron chi connectivity index (χ1n) is 6.56. The summed E-state index contributed by atoms with van der Waals surface area (Å²) in [6, 6.07) is 15.0. The lowest BCUT2D eigenvalue weighted by Gasteiger charge is -2.10. The molecule has 0 aliphatic carbocycles. The van der Waals surface area contributed by atoms with Crippen molar-refractivity contribution in [1.82, 2.24) is 14.8 Å². The molecule has 1 aromatic heterocycles. The zero-order chi connectivity index (χ0) is 14.8. The second kappa shape index (κ2) is 5.58. The monoisotopic (exact) mass is 299 g/mol. The lowest BCUT2D eigenvalue weighted by molar-refractivity contribution is 0.475. The molecule has 106 valence electrons. The molecule has 1 N–H and O–H groups in total. The van der Waals surface area contributed by atoms with E-state index in [1.54, 1.807) is 18.2 Å². The highest BCUT2D eigenvalue weighted by Gasteiger charge is 2.15. The minimum Gasteiger partial charge on any atom is -0.508 e. The number of hydrogen-bond acceptors (Lipinski definition) is 3. The Morgan fingerprint density at radius 3 is 2.52 bits per heavy atom. The number of halogens is 1. The van der Waals surface area contributed by atoms with Crippen molar-refractivity contribution >= 4 is 11.6 Å². The molecule has 0 atom stereocenters. The summed E-state index contributed by atoms with van der Waals surface area (Å²) < 4.78 is 1.86. The third kappa shape index (κ3) is 2.62. The number of benzene rings is 2. The van der Waals surface area contributed by atoms with Crippen LogP contribution < -0.4 is 0 Å². The zero-order valence-electron chi connectivity index (χ0n) is 11.5. The van der Waals surface area contributed by atoms with Crippen LogP contribution in [0.5, 0.6) is 5.75 Å². The fourth-order valence-electron chi connectivity index (χ4n) is 2.20. The smallest absolute Gasteiger partial charge is 0.168 e. The van der Waals surface area contributed by atoms with Crippen LogP contribution in [-0.2, 0) is 5.88 Å². The van der Waals surface area contributed by atoms with Gasteiger partial charge >= 0.3 is 0 Å². The Morgan fingerprint density at radius 2 is 1.86 bits per heavy atom. The molecule has 0 saturated carbocycles. The van der Waals surface area contributed by atoms with Gasteiger partial charge in [0.2, 0.25) is 0 Å². The molecule has 5 heteroatoms. The molecule has 0 aliphatic heterocycles. The van der Waals surface area contributed by atoms with Crippen molar-refractivity contribution in [2.75, 3.05) is 0 Å². The molecule has 1 heterocycles. The first-order valence-corrected chi connectivity index (χ1v) is 7.09. The Hall–Kier alpha value is -2.33. The summed E-state index contributed by atoms with van der Waals surface area (Å²) in [5, 5.41) is 18.1. The van der Waals surface area contributed by atoms with Crippen molar-refractivity contribution in [3.05, 3.63) is 59.9 Å². The molecular weight excluding hydrogens is 286 g/mol. The molecule has 21 heavy (non-hydrogen) atoms. The SMILES string of the molecule is Cc1ccc(-c2nnc(CCl)n2-c2cccc(O)c2)cc1. The number of aromatic nitrogens is 3. The van der Waals surface area contributed by atoms with E-state index in [0.717, 1.165) is 11.3 Å². The van der Waals surface area contributed by atoms with Crippen LogP contribution in [0.25, 0.3) is 17.1 Å². The van der Waals surface area contributed by atoms with Gasteiger partial charge in [-0.15, -0.1) is 21.8 Å². The molecule has 0 unspecified atom stereocenters. The Morgan fingerprint density at radius 1 is 1.10 bits per heavy atom. The van der Waals surface area contributed by atoms with Crippen molar-refractivity contribution < 1.29 is 5.11 Å². The highest BCUT2D eigenvalue weighted by molar-refractivity contribution is 6.16. The number of rotatable bonds is 3. The lowest BCUT2D eigenvalue weighted by Crippen LogP contribution is -2.01. The number of aromatic hydroxyl groups is 1. The maximum Gasteiger partial charge on any atom is 0.168 e. The average Bonchev–Trinajstić information content (AvgIpc) is 2.92. The van der Waals surface area contributed by atoms with Gasteiger partial charge in [0.25, 0.3) is 0 Å². The van der Waals surface area contributed by atoms with Crippen LogP contribution in [-0.4, -0.2) is 19.9 Å². The number of aryl methyl sites for hydroxylation is 1. The van der Waals surface area contributed by atoms with Crippen LogP contribution in [0.2, 0.25) is 0 Å². The van der Waals surface area contributed by atoms with E-state index in [0.29, 0.717) is 11.6 Å². The Balaban J connectivity index is 2.19. The molecule has 0 aliphatic rings. The molecule has 3 rings (SSSR count). The molecule has 3 aromatic rings. The van der Waals surface area contributed by atoms with Crippen molar-refractivity contribution in [1.29, 1.82) is 0 Å². The summed E-state index contributed by atoms with van der Waals surface area (Å²) in [6.45, 7) is 2.04. The van der Waals surface area contributed by atoms with Crippen molar-refractivity contribution in [3.63, 3.8) is 0 Å². The highest BCUT2D eigenvalue weighted by Crippen LogP contribution is 2.25. The maximum atomic E-state index is 9.69. The highest BCUT2D eigenvalue weighted by atomic mass is 35.5. The predicted octanol–water partition coefficient (Wildman–Crippen LogP) is 3.69. The van der Waals surface area contributed by atoms with E-state index in [1.807, 2.05) is 41.8 Å². The van der Waals surface area contributed by atoms with Gasteiger partial charge in [-0.3, -0.25) is 4.57 Å².